The number of pyridine rings is 1. The second-order valence-corrected chi connectivity index (χ2v) is 6.93. The fraction of sp³-hybridized carbons (Fsp3) is 0.143. The number of carbonyl (C=O) groups excluding carboxylic acids is 1. The third-order valence-electron chi connectivity index (χ3n) is 4.92. The average Bonchev–Trinajstić information content (AvgIpc) is 3.13. The monoisotopic (exact) mass is 416 g/mol. The molecule has 154 valence electrons. The Morgan fingerprint density at radius 3 is 2.53 bits per heavy atom. The summed E-state index contributed by atoms with van der Waals surface area (Å²) in [6.45, 7) is 0.805. The third kappa shape index (κ3) is 3.78. The molecule has 5 nitrogen and oxygen atoms in total. The molecule has 9 heteroatoms. The maximum atomic E-state index is 14.3. The predicted octanol–water partition coefficient (Wildman–Crippen LogP) is 5.04. The number of benzene rings is 2. The molecule has 2 aromatic carbocycles. The number of nitrogens with zero attached hydrogens (tertiary/aromatic N) is 2. The van der Waals surface area contributed by atoms with Crippen LogP contribution in [-0.2, 0) is 19.3 Å². The number of nitrogens with one attached hydrogen (secondary N) is 1. The molecule has 0 saturated carbocycles. The Balaban J connectivity index is 1.56. The Bertz CT molecular complexity index is 1110. The number of fused-ring (bicyclic) bond motifs is 1. The van der Waals surface area contributed by atoms with E-state index in [0.29, 0.717) is 24.7 Å². The highest BCUT2D eigenvalue weighted by atomic mass is 19.4. The van der Waals surface area contributed by atoms with Crippen LogP contribution >= 0.6 is 0 Å². The molecule has 0 atom stereocenters. The van der Waals surface area contributed by atoms with Gasteiger partial charge in [0.1, 0.15) is 5.82 Å². The van der Waals surface area contributed by atoms with Crippen molar-refractivity contribution in [2.45, 2.75) is 19.3 Å². The van der Waals surface area contributed by atoms with Gasteiger partial charge in [0.05, 0.1) is 16.9 Å². The van der Waals surface area contributed by atoms with Crippen LogP contribution in [0.3, 0.4) is 0 Å². The first-order valence-electron chi connectivity index (χ1n) is 8.97. The maximum Gasteiger partial charge on any atom is 0.416 e. The maximum absolute atomic E-state index is 14.3. The molecular weight excluding hydrogens is 400 g/mol. The van der Waals surface area contributed by atoms with Crippen molar-refractivity contribution in [3.8, 4) is 11.1 Å². The number of nitrogen functional groups attached to an aromatic ring is 1. The number of hydrogen-bond donors (Lipinski definition) is 2. The lowest BCUT2D eigenvalue weighted by Crippen LogP contribution is -2.30. The highest BCUT2D eigenvalue weighted by Gasteiger charge is 2.31. The molecule has 1 aliphatic heterocycles. The second-order valence-electron chi connectivity index (χ2n) is 6.93. The summed E-state index contributed by atoms with van der Waals surface area (Å²) in [5.41, 5.74) is 7.55. The largest absolute Gasteiger partial charge is 0.416 e. The standard InChI is InChI=1S/C21H16F4N4O/c22-17-8-15(21(23,24)25)2-3-16(17)12-1-4-18(26)19(7-12)28-20(30)29-10-13-5-6-27-9-14(13)11-29/h1-9H,10-11,26H2,(H,28,30). The van der Waals surface area contributed by atoms with E-state index in [1.54, 1.807) is 17.3 Å². The smallest absolute Gasteiger partial charge is 0.397 e. The Hall–Kier alpha value is -3.62. The van der Waals surface area contributed by atoms with Crippen molar-refractivity contribution >= 4 is 17.4 Å². The van der Waals surface area contributed by atoms with Gasteiger partial charge < -0.3 is 16.0 Å². The fourth-order valence-corrected chi connectivity index (χ4v) is 3.32. The molecule has 2 heterocycles. The Morgan fingerprint density at radius 1 is 1.07 bits per heavy atom. The van der Waals surface area contributed by atoms with Crippen LogP contribution in [0.5, 0.6) is 0 Å². The van der Waals surface area contributed by atoms with Crippen LogP contribution in [0.1, 0.15) is 16.7 Å². The van der Waals surface area contributed by atoms with E-state index in [-0.39, 0.29) is 16.9 Å². The van der Waals surface area contributed by atoms with Gasteiger partial charge >= 0.3 is 12.2 Å². The van der Waals surface area contributed by atoms with Crippen LogP contribution in [0, 0.1) is 5.82 Å². The molecule has 0 radical (unpaired) electrons. The van der Waals surface area contributed by atoms with Crippen molar-refractivity contribution in [2.24, 2.45) is 0 Å². The lowest BCUT2D eigenvalue weighted by molar-refractivity contribution is -0.137. The topological polar surface area (TPSA) is 71.2 Å². The minimum Gasteiger partial charge on any atom is -0.397 e. The number of urea groups is 1. The summed E-state index contributed by atoms with van der Waals surface area (Å²) in [6.07, 6.45) is -1.28. The Kier molecular flexibility index (Phi) is 4.81. The summed E-state index contributed by atoms with van der Waals surface area (Å²) in [6, 6.07) is 8.12. The van der Waals surface area contributed by atoms with Gasteiger partial charge in [-0.2, -0.15) is 13.2 Å². The fourth-order valence-electron chi connectivity index (χ4n) is 3.32. The molecule has 0 fully saturated rings. The molecule has 0 saturated heterocycles. The number of carbonyl (C=O) groups is 1. The van der Waals surface area contributed by atoms with E-state index < -0.39 is 23.6 Å². The van der Waals surface area contributed by atoms with E-state index in [4.69, 9.17) is 5.73 Å². The van der Waals surface area contributed by atoms with Crippen molar-refractivity contribution in [1.29, 1.82) is 0 Å². The summed E-state index contributed by atoms with van der Waals surface area (Å²) < 4.78 is 52.6. The van der Waals surface area contributed by atoms with Crippen LogP contribution in [0.25, 0.3) is 11.1 Å². The van der Waals surface area contributed by atoms with Gasteiger partial charge in [0.15, 0.2) is 0 Å². The number of rotatable bonds is 2. The van der Waals surface area contributed by atoms with Gasteiger partial charge in [0.25, 0.3) is 0 Å². The van der Waals surface area contributed by atoms with Crippen LogP contribution in [-0.4, -0.2) is 15.9 Å². The van der Waals surface area contributed by atoms with Crippen molar-refractivity contribution in [3.05, 3.63) is 77.4 Å². The number of hydrogen-bond acceptors (Lipinski definition) is 3. The molecule has 1 aromatic heterocycles. The lowest BCUT2D eigenvalue weighted by Gasteiger charge is -2.18. The number of aromatic nitrogens is 1. The van der Waals surface area contributed by atoms with Crippen molar-refractivity contribution < 1.29 is 22.4 Å². The molecule has 30 heavy (non-hydrogen) atoms. The first kappa shape index (κ1) is 19.7. The first-order valence-corrected chi connectivity index (χ1v) is 8.97. The molecule has 0 unspecified atom stereocenters. The second kappa shape index (κ2) is 7.33. The molecule has 0 spiro atoms. The molecule has 2 amide bonds. The zero-order valence-electron chi connectivity index (χ0n) is 15.5. The molecule has 0 bridgehead atoms. The molecular formula is C21H16F4N4O. The summed E-state index contributed by atoms with van der Waals surface area (Å²) in [5.74, 6) is -1.02. The highest BCUT2D eigenvalue weighted by Crippen LogP contribution is 2.34. The number of anilines is 2. The number of amides is 2. The number of nitrogens with two attached hydrogens (primary N) is 1. The quantitative estimate of drug-likeness (QED) is 0.454. The van der Waals surface area contributed by atoms with Gasteiger partial charge in [-0.1, -0.05) is 12.1 Å². The SMILES string of the molecule is Nc1ccc(-c2ccc(C(F)(F)F)cc2F)cc1NC(=O)N1Cc2ccncc2C1. The summed E-state index contributed by atoms with van der Waals surface area (Å²) in [4.78, 5) is 18.3. The van der Waals surface area contributed by atoms with Gasteiger partial charge in [-0.15, -0.1) is 0 Å². The summed E-state index contributed by atoms with van der Waals surface area (Å²) >= 11 is 0. The molecule has 3 aromatic rings. The van der Waals surface area contributed by atoms with Gasteiger partial charge in [-0.05, 0) is 47.0 Å². The first-order chi connectivity index (χ1) is 14.2. The van der Waals surface area contributed by atoms with E-state index in [1.807, 2.05) is 6.07 Å². The minimum atomic E-state index is -4.64. The van der Waals surface area contributed by atoms with Crippen molar-refractivity contribution in [3.63, 3.8) is 0 Å². The van der Waals surface area contributed by atoms with Crippen LogP contribution < -0.4 is 11.1 Å². The highest BCUT2D eigenvalue weighted by molar-refractivity contribution is 5.94. The Labute approximate surface area is 169 Å². The van der Waals surface area contributed by atoms with Gasteiger partial charge in [0, 0.05) is 31.0 Å². The van der Waals surface area contributed by atoms with Crippen molar-refractivity contribution in [2.75, 3.05) is 11.1 Å². The number of halogens is 4. The zero-order valence-corrected chi connectivity index (χ0v) is 15.5. The van der Waals surface area contributed by atoms with Crippen LogP contribution in [0.15, 0.2) is 54.9 Å². The third-order valence-corrected chi connectivity index (χ3v) is 4.92. The van der Waals surface area contributed by atoms with Crippen molar-refractivity contribution in [1.82, 2.24) is 9.88 Å². The van der Waals surface area contributed by atoms with E-state index in [2.05, 4.69) is 10.3 Å². The Morgan fingerprint density at radius 2 is 1.83 bits per heavy atom. The van der Waals surface area contributed by atoms with Gasteiger partial charge in [-0.25, -0.2) is 9.18 Å². The number of alkyl halides is 3. The van der Waals surface area contributed by atoms with E-state index >= 15 is 0 Å². The van der Waals surface area contributed by atoms with Crippen LogP contribution in [0.2, 0.25) is 0 Å². The molecule has 1 aliphatic rings. The molecule has 3 N–H and O–H groups in total. The predicted molar refractivity (Wildman–Crippen MR) is 104 cm³/mol. The minimum absolute atomic E-state index is 0.0295. The van der Waals surface area contributed by atoms with Crippen LogP contribution in [0.4, 0.5) is 33.7 Å². The van der Waals surface area contributed by atoms with E-state index in [9.17, 15) is 22.4 Å². The van der Waals surface area contributed by atoms with E-state index in [0.717, 1.165) is 23.3 Å². The van der Waals surface area contributed by atoms with E-state index in [1.165, 1.54) is 18.2 Å². The lowest BCUT2D eigenvalue weighted by atomic mass is 10.0. The molecule has 0 aliphatic carbocycles. The van der Waals surface area contributed by atoms with Gasteiger partial charge in [0.2, 0.25) is 0 Å². The summed E-state index contributed by atoms with van der Waals surface area (Å²) in [5, 5.41) is 2.69. The average molecular weight is 416 g/mol. The molecule has 4 rings (SSSR count). The summed E-state index contributed by atoms with van der Waals surface area (Å²) in [7, 11) is 0. The van der Waals surface area contributed by atoms with Gasteiger partial charge in [-0.3, -0.25) is 4.98 Å². The normalized spacial score (nSPS) is 13.3. The zero-order chi connectivity index (χ0) is 21.5.